The van der Waals surface area contributed by atoms with Gasteiger partial charge in [-0.1, -0.05) is 0 Å². The Kier molecular flexibility index (Phi) is 19.9. The Morgan fingerprint density at radius 1 is 1.25 bits per heavy atom. The van der Waals surface area contributed by atoms with E-state index in [-0.39, 0.29) is 37.1 Å². The van der Waals surface area contributed by atoms with Crippen LogP contribution in [0.25, 0.3) is 0 Å². The molecule has 0 bridgehead atoms. The Morgan fingerprint density at radius 3 is 1.25 bits per heavy atom. The smallest absolute Gasteiger partial charge is 0 e. The van der Waals surface area contributed by atoms with Crippen LogP contribution in [0, 0.1) is 0 Å². The summed E-state index contributed by atoms with van der Waals surface area (Å²) >= 11 is -0.290. The van der Waals surface area contributed by atoms with Crippen molar-refractivity contribution >= 4 is 0 Å². The molecule has 0 aromatic heterocycles. The third-order valence-electron chi connectivity index (χ3n) is 0. The van der Waals surface area contributed by atoms with Crippen molar-refractivity contribution in [2.75, 3.05) is 0 Å². The third kappa shape index (κ3) is 10.9. The van der Waals surface area contributed by atoms with Crippen molar-refractivity contribution < 1.29 is 37.1 Å². The molecular formula is H4N2Ru2. The fourth-order valence-corrected chi connectivity index (χ4v) is 0. The molecule has 0 saturated carbocycles. The first-order valence-corrected chi connectivity index (χ1v) is 2.42. The van der Waals surface area contributed by atoms with Gasteiger partial charge in [0, 0.05) is 19.5 Å². The van der Waals surface area contributed by atoms with Gasteiger partial charge in [0.1, 0.15) is 0 Å². The van der Waals surface area contributed by atoms with Gasteiger partial charge in [-0.25, -0.2) is 0 Å². The average molecular weight is 234 g/mol. The van der Waals surface area contributed by atoms with E-state index in [1.807, 2.05) is 0 Å². The molecule has 4 heteroatoms. The van der Waals surface area contributed by atoms with Crippen molar-refractivity contribution in [1.29, 1.82) is 0 Å². The second-order valence-electron chi connectivity index (χ2n) is 0.118. The predicted octanol–water partition coefficient (Wildman–Crippen LogP) is -1.19. The minimum atomic E-state index is -0.290. The minimum Gasteiger partial charge on any atom is 0 e. The maximum atomic E-state index is 4.72. The molecule has 4 N–H and O–H groups in total. The van der Waals surface area contributed by atoms with Crippen LogP contribution < -0.4 is 8.95 Å². The first-order chi connectivity index (χ1) is 1.41. The quantitative estimate of drug-likeness (QED) is 0.518. The van der Waals surface area contributed by atoms with Gasteiger partial charge in [-0.2, -0.15) is 0 Å². The van der Waals surface area contributed by atoms with Gasteiger partial charge in [0.15, 0.2) is 0 Å². The summed E-state index contributed by atoms with van der Waals surface area (Å²) in [4.78, 5) is 0. The molecule has 0 rings (SSSR count). The summed E-state index contributed by atoms with van der Waals surface area (Å²) in [6, 6.07) is 0. The average Bonchev–Trinajstić information content (AvgIpc) is 0.918. The summed E-state index contributed by atoms with van der Waals surface area (Å²) in [5.41, 5.74) is 0. The molecule has 0 aliphatic carbocycles. The number of hydrogen-bond acceptors (Lipinski definition) is 2. The minimum absolute atomic E-state index is 0. The Labute approximate surface area is 46.2 Å². The molecule has 0 aromatic rings. The van der Waals surface area contributed by atoms with Crippen LogP contribution in [0.4, 0.5) is 0 Å². The molecule has 30 valence electrons. The summed E-state index contributed by atoms with van der Waals surface area (Å²) in [7, 11) is 0. The topological polar surface area (TPSA) is 52.0 Å². The molecule has 0 aliphatic heterocycles. The monoisotopic (exact) mass is 236 g/mol. The van der Waals surface area contributed by atoms with Crippen LogP contribution in [0.5, 0.6) is 0 Å². The van der Waals surface area contributed by atoms with Crippen LogP contribution in [0.2, 0.25) is 0 Å². The Hall–Kier alpha value is 1.17. The molecule has 0 fully saturated rings. The summed E-state index contributed by atoms with van der Waals surface area (Å²) in [5.74, 6) is 0. The van der Waals surface area contributed by atoms with E-state index in [2.05, 4.69) is 0 Å². The van der Waals surface area contributed by atoms with Gasteiger partial charge in [-0.05, 0) is 0 Å². The summed E-state index contributed by atoms with van der Waals surface area (Å²) in [6.45, 7) is 0. The Balaban J connectivity index is 0. The molecule has 0 atom stereocenters. The normalized spacial score (nSPS) is 5.50. The molecule has 0 aromatic carbocycles. The van der Waals surface area contributed by atoms with Crippen LogP contribution in [0.15, 0.2) is 0 Å². The van der Waals surface area contributed by atoms with Crippen molar-refractivity contribution in [1.82, 2.24) is 0 Å². The van der Waals surface area contributed by atoms with Crippen LogP contribution in [0.1, 0.15) is 0 Å². The van der Waals surface area contributed by atoms with Crippen molar-refractivity contribution in [2.24, 2.45) is 8.95 Å². The van der Waals surface area contributed by atoms with Gasteiger partial charge in [0.05, 0.1) is 0 Å². The van der Waals surface area contributed by atoms with Gasteiger partial charge in [0.2, 0.25) is 0 Å². The second kappa shape index (κ2) is 8.90. The van der Waals surface area contributed by atoms with E-state index >= 15 is 0 Å². The predicted molar refractivity (Wildman–Crippen MR) is 8.37 cm³/mol. The molecule has 0 amide bonds. The van der Waals surface area contributed by atoms with Gasteiger partial charge < -0.3 is 0 Å². The molecule has 0 unspecified atom stereocenters. The van der Waals surface area contributed by atoms with Gasteiger partial charge in [-0.3, -0.25) is 0 Å². The molecule has 4 heavy (non-hydrogen) atoms. The maximum Gasteiger partial charge on any atom is 0 e. The van der Waals surface area contributed by atoms with Crippen LogP contribution >= 0.6 is 0 Å². The molecular weight excluding hydrogens is 230 g/mol. The zero-order valence-electron chi connectivity index (χ0n) is 1.86. The standard InChI is InChI=1S/2H2N.2Ru/h2*1H2;;/q2*-1;;+2. The van der Waals surface area contributed by atoms with E-state index in [0.717, 1.165) is 0 Å². The van der Waals surface area contributed by atoms with E-state index in [1.54, 1.807) is 0 Å². The Morgan fingerprint density at radius 2 is 1.25 bits per heavy atom. The molecule has 0 radical (unpaired) electrons. The summed E-state index contributed by atoms with van der Waals surface area (Å²) < 4.78 is 9.43. The molecule has 0 aliphatic rings. The number of rotatable bonds is 0. The molecule has 0 saturated heterocycles. The van der Waals surface area contributed by atoms with Gasteiger partial charge in [0.25, 0.3) is 0 Å². The van der Waals surface area contributed by atoms with Crippen LogP contribution in [-0.4, -0.2) is 0 Å². The zero-order chi connectivity index (χ0) is 2.71. The first-order valence-electron chi connectivity index (χ1n) is 0.408. The van der Waals surface area contributed by atoms with Crippen LogP contribution in [-0.2, 0) is 37.1 Å². The van der Waals surface area contributed by atoms with Crippen LogP contribution in [0.3, 0.4) is 0 Å². The number of nitrogens with two attached hydrogens (primary N) is 2. The third-order valence-corrected chi connectivity index (χ3v) is 0. The number of hydrogen-bond donors (Lipinski definition) is 2. The van der Waals surface area contributed by atoms with Crippen molar-refractivity contribution in [3.63, 3.8) is 0 Å². The van der Waals surface area contributed by atoms with Crippen molar-refractivity contribution in [3.05, 3.63) is 0 Å². The second-order valence-corrected chi connectivity index (χ2v) is 0.697. The fraction of sp³-hybridized carbons (Fsp3) is 0. The first kappa shape index (κ1) is 8.95. The maximum absolute atomic E-state index is 4.72. The van der Waals surface area contributed by atoms with E-state index in [9.17, 15) is 0 Å². The zero-order valence-corrected chi connectivity index (χ0v) is 5.34. The summed E-state index contributed by atoms with van der Waals surface area (Å²) in [5, 5.41) is 0. The Bertz CT molecular complexity index is 4.00. The van der Waals surface area contributed by atoms with Crippen molar-refractivity contribution in [3.8, 4) is 0 Å². The van der Waals surface area contributed by atoms with E-state index in [1.165, 1.54) is 0 Å². The fourth-order valence-electron chi connectivity index (χ4n) is 0. The molecule has 2 nitrogen and oxygen atoms in total. The van der Waals surface area contributed by atoms with Gasteiger partial charge in [-0.15, -0.1) is 0 Å². The SMILES string of the molecule is [NH2][Ru][NH2].[Ru]. The van der Waals surface area contributed by atoms with E-state index in [0.29, 0.717) is 0 Å². The molecule has 0 spiro atoms. The molecule has 0 heterocycles. The van der Waals surface area contributed by atoms with E-state index < -0.39 is 0 Å². The van der Waals surface area contributed by atoms with E-state index in [4.69, 9.17) is 8.95 Å². The largest absolute Gasteiger partial charge is 0 e. The van der Waals surface area contributed by atoms with Gasteiger partial charge >= 0.3 is 26.6 Å². The van der Waals surface area contributed by atoms with Crippen molar-refractivity contribution in [2.45, 2.75) is 0 Å². The summed E-state index contributed by atoms with van der Waals surface area (Å²) in [6.07, 6.45) is 0.